The van der Waals surface area contributed by atoms with Crippen molar-refractivity contribution in [3.05, 3.63) is 35.4 Å². The second kappa shape index (κ2) is 5.43. The van der Waals surface area contributed by atoms with Gasteiger partial charge in [0.1, 0.15) is 0 Å². The van der Waals surface area contributed by atoms with Gasteiger partial charge in [0.15, 0.2) is 0 Å². The lowest BCUT2D eigenvalue weighted by Gasteiger charge is -2.28. The first kappa shape index (κ1) is 13.3. The zero-order chi connectivity index (χ0) is 14.2. The standard InChI is InChI=1S/C17H23N3O/c21-17(19-14-7-9-20-8-3-6-16(14)20)15-10-12-4-1-2-5-13(12)11-18-15/h1-2,4-5,14-16,18H,3,6-11H2,(H,19,21)/t14?,15-,16?/m0/s1. The Balaban J connectivity index is 1.40. The minimum atomic E-state index is -0.0737. The van der Waals surface area contributed by atoms with E-state index in [2.05, 4.69) is 39.8 Å². The molecule has 21 heavy (non-hydrogen) atoms. The average Bonchev–Trinajstić information content (AvgIpc) is 3.12. The first-order valence-electron chi connectivity index (χ1n) is 8.16. The summed E-state index contributed by atoms with van der Waals surface area (Å²) in [4.78, 5) is 15.1. The summed E-state index contributed by atoms with van der Waals surface area (Å²) in [6, 6.07) is 9.29. The van der Waals surface area contributed by atoms with Gasteiger partial charge < -0.3 is 10.6 Å². The fourth-order valence-corrected chi connectivity index (χ4v) is 4.17. The first-order valence-corrected chi connectivity index (χ1v) is 8.16. The van der Waals surface area contributed by atoms with Crippen molar-refractivity contribution in [2.75, 3.05) is 13.1 Å². The number of amides is 1. The second-order valence-electron chi connectivity index (χ2n) is 6.56. The number of fused-ring (bicyclic) bond motifs is 2. The predicted molar refractivity (Wildman–Crippen MR) is 81.9 cm³/mol. The van der Waals surface area contributed by atoms with Crippen LogP contribution in [-0.2, 0) is 17.8 Å². The molecule has 2 unspecified atom stereocenters. The van der Waals surface area contributed by atoms with Crippen LogP contribution < -0.4 is 10.6 Å². The summed E-state index contributed by atoms with van der Waals surface area (Å²) in [5.41, 5.74) is 2.63. The molecule has 2 saturated heterocycles. The number of benzene rings is 1. The highest BCUT2D eigenvalue weighted by Gasteiger charge is 2.38. The summed E-state index contributed by atoms with van der Waals surface area (Å²) in [7, 11) is 0. The van der Waals surface area contributed by atoms with Gasteiger partial charge in [-0.15, -0.1) is 0 Å². The molecule has 2 fully saturated rings. The number of nitrogens with one attached hydrogen (secondary N) is 2. The molecule has 112 valence electrons. The molecule has 0 aliphatic carbocycles. The summed E-state index contributed by atoms with van der Waals surface area (Å²) < 4.78 is 0. The minimum Gasteiger partial charge on any atom is -0.350 e. The van der Waals surface area contributed by atoms with Crippen LogP contribution >= 0.6 is 0 Å². The molecule has 3 heterocycles. The number of hydrogen-bond acceptors (Lipinski definition) is 3. The van der Waals surface area contributed by atoms with Crippen LogP contribution in [0, 0.1) is 0 Å². The predicted octanol–water partition coefficient (Wildman–Crippen LogP) is 1.05. The molecule has 4 nitrogen and oxygen atoms in total. The zero-order valence-corrected chi connectivity index (χ0v) is 12.3. The van der Waals surface area contributed by atoms with Crippen LogP contribution in [0.25, 0.3) is 0 Å². The van der Waals surface area contributed by atoms with Gasteiger partial charge >= 0.3 is 0 Å². The Kier molecular flexibility index (Phi) is 3.43. The van der Waals surface area contributed by atoms with Crippen molar-refractivity contribution in [3.63, 3.8) is 0 Å². The molecule has 4 heteroatoms. The summed E-state index contributed by atoms with van der Waals surface area (Å²) in [6.45, 7) is 3.16. The lowest BCUT2D eigenvalue weighted by Crippen LogP contribution is -2.52. The lowest BCUT2D eigenvalue weighted by atomic mass is 9.95. The number of carbonyl (C=O) groups is 1. The fourth-order valence-electron chi connectivity index (χ4n) is 4.17. The van der Waals surface area contributed by atoms with E-state index < -0.39 is 0 Å². The van der Waals surface area contributed by atoms with Crippen molar-refractivity contribution in [2.45, 2.75) is 50.4 Å². The van der Waals surface area contributed by atoms with Crippen molar-refractivity contribution >= 4 is 5.91 Å². The summed E-state index contributed by atoms with van der Waals surface area (Å²) in [5.74, 6) is 0.184. The van der Waals surface area contributed by atoms with E-state index in [-0.39, 0.29) is 11.9 Å². The molecule has 4 rings (SSSR count). The summed E-state index contributed by atoms with van der Waals surface area (Å²) in [6.07, 6.45) is 4.45. The van der Waals surface area contributed by atoms with Gasteiger partial charge in [0.25, 0.3) is 0 Å². The van der Waals surface area contributed by atoms with Gasteiger partial charge in [0.2, 0.25) is 5.91 Å². The van der Waals surface area contributed by atoms with Gasteiger partial charge in [-0.2, -0.15) is 0 Å². The molecule has 2 N–H and O–H groups in total. The van der Waals surface area contributed by atoms with Crippen molar-refractivity contribution < 1.29 is 4.79 Å². The smallest absolute Gasteiger partial charge is 0.237 e. The van der Waals surface area contributed by atoms with Crippen molar-refractivity contribution in [2.24, 2.45) is 0 Å². The van der Waals surface area contributed by atoms with Gasteiger partial charge in [-0.05, 0) is 43.4 Å². The van der Waals surface area contributed by atoms with Crippen LogP contribution in [0.3, 0.4) is 0 Å². The fraction of sp³-hybridized carbons (Fsp3) is 0.588. The third kappa shape index (κ3) is 2.47. The highest BCUT2D eigenvalue weighted by molar-refractivity contribution is 5.82. The second-order valence-corrected chi connectivity index (χ2v) is 6.56. The van der Waals surface area contributed by atoms with Crippen molar-refractivity contribution in [1.29, 1.82) is 0 Å². The van der Waals surface area contributed by atoms with Gasteiger partial charge in [-0.1, -0.05) is 24.3 Å². The monoisotopic (exact) mass is 285 g/mol. The molecule has 1 aromatic rings. The molecular weight excluding hydrogens is 262 g/mol. The van der Waals surface area contributed by atoms with Crippen LogP contribution in [0.2, 0.25) is 0 Å². The molecule has 3 aliphatic heterocycles. The quantitative estimate of drug-likeness (QED) is 0.854. The van der Waals surface area contributed by atoms with Gasteiger partial charge in [-0.3, -0.25) is 9.69 Å². The third-order valence-corrected chi connectivity index (χ3v) is 5.33. The highest BCUT2D eigenvalue weighted by atomic mass is 16.2. The largest absolute Gasteiger partial charge is 0.350 e. The van der Waals surface area contributed by atoms with Crippen molar-refractivity contribution in [1.82, 2.24) is 15.5 Å². The molecule has 1 aromatic carbocycles. The van der Waals surface area contributed by atoms with Crippen LogP contribution in [0.5, 0.6) is 0 Å². The Hall–Kier alpha value is -1.39. The van der Waals surface area contributed by atoms with E-state index in [9.17, 15) is 4.79 Å². The van der Waals surface area contributed by atoms with Crippen molar-refractivity contribution in [3.8, 4) is 0 Å². The molecule has 0 saturated carbocycles. The number of nitrogens with zero attached hydrogens (tertiary/aromatic N) is 1. The molecule has 0 spiro atoms. The Morgan fingerprint density at radius 2 is 2.05 bits per heavy atom. The van der Waals surface area contributed by atoms with Crippen LogP contribution in [0.1, 0.15) is 30.4 Å². The van der Waals surface area contributed by atoms with Gasteiger partial charge in [0, 0.05) is 25.2 Å². The van der Waals surface area contributed by atoms with E-state index >= 15 is 0 Å². The van der Waals surface area contributed by atoms with Crippen LogP contribution in [0.15, 0.2) is 24.3 Å². The molecule has 3 atom stereocenters. The van der Waals surface area contributed by atoms with Crippen LogP contribution in [0.4, 0.5) is 0 Å². The number of carbonyl (C=O) groups excluding carboxylic acids is 1. The Morgan fingerprint density at radius 3 is 2.95 bits per heavy atom. The molecular formula is C17H23N3O. The molecule has 3 aliphatic rings. The lowest BCUT2D eigenvalue weighted by molar-refractivity contribution is -0.124. The molecule has 0 radical (unpaired) electrons. The Bertz CT molecular complexity index is 545. The topological polar surface area (TPSA) is 44.4 Å². The van der Waals surface area contributed by atoms with E-state index in [1.54, 1.807) is 0 Å². The minimum absolute atomic E-state index is 0.0737. The highest BCUT2D eigenvalue weighted by Crippen LogP contribution is 2.28. The molecule has 0 aromatic heterocycles. The van der Waals surface area contributed by atoms with Gasteiger partial charge in [-0.25, -0.2) is 0 Å². The molecule has 1 amide bonds. The Labute approximate surface area is 125 Å². The molecule has 0 bridgehead atoms. The maximum absolute atomic E-state index is 12.6. The maximum Gasteiger partial charge on any atom is 0.237 e. The van der Waals surface area contributed by atoms with Gasteiger partial charge in [0.05, 0.1) is 6.04 Å². The summed E-state index contributed by atoms with van der Waals surface area (Å²) >= 11 is 0. The van der Waals surface area contributed by atoms with E-state index in [0.717, 1.165) is 25.9 Å². The third-order valence-electron chi connectivity index (χ3n) is 5.33. The number of rotatable bonds is 2. The normalized spacial score (nSPS) is 31.7. The van der Waals surface area contributed by atoms with E-state index in [1.807, 2.05) is 0 Å². The van der Waals surface area contributed by atoms with Crippen LogP contribution in [-0.4, -0.2) is 42.0 Å². The first-order chi connectivity index (χ1) is 10.3. The van der Waals surface area contributed by atoms with E-state index in [4.69, 9.17) is 0 Å². The number of hydrogen-bond donors (Lipinski definition) is 2. The average molecular weight is 285 g/mol. The SMILES string of the molecule is O=C(NC1CCN2CCCC12)[C@@H]1Cc2ccccc2CN1. The summed E-state index contributed by atoms with van der Waals surface area (Å²) in [5, 5.41) is 6.69. The van der Waals surface area contributed by atoms with E-state index in [1.165, 1.54) is 30.5 Å². The van der Waals surface area contributed by atoms with E-state index in [0.29, 0.717) is 12.1 Å². The Morgan fingerprint density at radius 1 is 1.19 bits per heavy atom. The zero-order valence-electron chi connectivity index (χ0n) is 12.3. The maximum atomic E-state index is 12.6.